The summed E-state index contributed by atoms with van der Waals surface area (Å²) in [6, 6.07) is 0. The molecule has 0 spiro atoms. The fourth-order valence-corrected chi connectivity index (χ4v) is 0.633. The zero-order chi connectivity index (χ0) is 7.98. The molecule has 0 radical (unpaired) electrons. The molecule has 0 bridgehead atoms. The maximum absolute atomic E-state index is 10.8. The smallest absolute Gasteiger partial charge is 0.177 e. The Morgan fingerprint density at radius 2 is 2.10 bits per heavy atom. The molecule has 1 nitrogen and oxygen atoms in total. The molecule has 0 amide bonds. The minimum absolute atomic E-state index is 0.00824. The zero-order valence-corrected chi connectivity index (χ0v) is 6.40. The van der Waals surface area contributed by atoms with Gasteiger partial charge in [-0.2, -0.15) is 0 Å². The van der Waals surface area contributed by atoms with E-state index in [1.54, 1.807) is 6.08 Å². The normalized spacial score (nSPS) is 10.7. The SMILES string of the molecule is C=C/C=C(\C=C)C(=O)CCl. The maximum atomic E-state index is 10.8. The van der Waals surface area contributed by atoms with Crippen LogP contribution in [0.2, 0.25) is 0 Å². The summed E-state index contributed by atoms with van der Waals surface area (Å²) in [5, 5.41) is 0. The number of rotatable bonds is 4. The molecule has 0 aromatic heterocycles. The summed E-state index contributed by atoms with van der Waals surface area (Å²) in [6.45, 7) is 6.90. The van der Waals surface area contributed by atoms with Crippen molar-refractivity contribution in [1.82, 2.24) is 0 Å². The molecule has 0 N–H and O–H groups in total. The Morgan fingerprint density at radius 1 is 1.50 bits per heavy atom. The van der Waals surface area contributed by atoms with Crippen LogP contribution < -0.4 is 0 Å². The number of hydrogen-bond donors (Lipinski definition) is 0. The molecule has 0 aromatic carbocycles. The second-order valence-corrected chi connectivity index (χ2v) is 1.89. The number of halogens is 1. The van der Waals surface area contributed by atoms with Gasteiger partial charge in [0.2, 0.25) is 0 Å². The first-order valence-corrected chi connectivity index (χ1v) is 3.34. The number of alkyl halides is 1. The number of allylic oxidation sites excluding steroid dienone is 4. The Bertz CT molecular complexity index is 180. The molecule has 0 aliphatic heterocycles. The lowest BCUT2D eigenvalue weighted by Crippen LogP contribution is -2.00. The van der Waals surface area contributed by atoms with Crippen LogP contribution in [0.5, 0.6) is 0 Å². The van der Waals surface area contributed by atoms with Crippen LogP contribution in [0.3, 0.4) is 0 Å². The fourth-order valence-electron chi connectivity index (χ4n) is 0.479. The molecule has 54 valence electrons. The van der Waals surface area contributed by atoms with Crippen LogP contribution in [-0.4, -0.2) is 11.7 Å². The first-order valence-electron chi connectivity index (χ1n) is 2.80. The molecular formula is C8H9ClO. The van der Waals surface area contributed by atoms with Gasteiger partial charge in [0, 0.05) is 5.57 Å². The van der Waals surface area contributed by atoms with Gasteiger partial charge in [0.05, 0.1) is 5.88 Å². The van der Waals surface area contributed by atoms with Gasteiger partial charge < -0.3 is 0 Å². The second kappa shape index (κ2) is 5.00. The minimum Gasteiger partial charge on any atom is -0.293 e. The van der Waals surface area contributed by atoms with Gasteiger partial charge in [0.25, 0.3) is 0 Å². The fraction of sp³-hybridized carbons (Fsp3) is 0.125. The minimum atomic E-state index is -0.128. The largest absolute Gasteiger partial charge is 0.293 e. The maximum Gasteiger partial charge on any atom is 0.177 e. The van der Waals surface area contributed by atoms with Gasteiger partial charge in [0.15, 0.2) is 5.78 Å². The van der Waals surface area contributed by atoms with Crippen LogP contribution in [0.25, 0.3) is 0 Å². The Balaban J connectivity index is 4.34. The van der Waals surface area contributed by atoms with Crippen molar-refractivity contribution in [3.63, 3.8) is 0 Å². The number of Topliss-reactive ketones (excluding diaryl/α,β-unsaturated/α-hetero) is 1. The predicted octanol–water partition coefficient (Wildman–Crippen LogP) is 2.09. The first kappa shape index (κ1) is 9.18. The van der Waals surface area contributed by atoms with Crippen molar-refractivity contribution in [3.05, 3.63) is 37.0 Å². The Kier molecular flexibility index (Phi) is 4.59. The summed E-state index contributed by atoms with van der Waals surface area (Å²) in [5.74, 6) is -0.136. The van der Waals surface area contributed by atoms with Crippen molar-refractivity contribution < 1.29 is 4.79 Å². The average Bonchev–Trinajstić information content (AvgIpc) is 1.99. The molecule has 0 unspecified atom stereocenters. The summed E-state index contributed by atoms with van der Waals surface area (Å²) in [7, 11) is 0. The molecule has 0 heterocycles. The third-order valence-corrected chi connectivity index (χ3v) is 1.20. The highest BCUT2D eigenvalue weighted by Crippen LogP contribution is 1.99. The highest BCUT2D eigenvalue weighted by molar-refractivity contribution is 6.30. The molecule has 0 saturated carbocycles. The van der Waals surface area contributed by atoms with E-state index in [1.165, 1.54) is 12.2 Å². The molecule has 0 aliphatic rings. The molecule has 2 heteroatoms. The lowest BCUT2D eigenvalue weighted by molar-refractivity contribution is -0.113. The Hall–Kier alpha value is -0.820. The average molecular weight is 157 g/mol. The van der Waals surface area contributed by atoms with Crippen LogP contribution in [0.4, 0.5) is 0 Å². The molecular weight excluding hydrogens is 148 g/mol. The van der Waals surface area contributed by atoms with Gasteiger partial charge >= 0.3 is 0 Å². The third-order valence-electron chi connectivity index (χ3n) is 0.961. The molecule has 0 fully saturated rings. The second-order valence-electron chi connectivity index (χ2n) is 1.62. The quantitative estimate of drug-likeness (QED) is 0.346. The van der Waals surface area contributed by atoms with Crippen molar-refractivity contribution in [2.45, 2.75) is 0 Å². The van der Waals surface area contributed by atoms with E-state index in [1.807, 2.05) is 0 Å². The van der Waals surface area contributed by atoms with Gasteiger partial charge in [-0.15, -0.1) is 11.6 Å². The van der Waals surface area contributed by atoms with E-state index in [0.717, 1.165) is 0 Å². The lowest BCUT2D eigenvalue weighted by atomic mass is 10.2. The van der Waals surface area contributed by atoms with E-state index in [2.05, 4.69) is 13.2 Å². The topological polar surface area (TPSA) is 17.1 Å². The summed E-state index contributed by atoms with van der Waals surface area (Å²) in [5.41, 5.74) is 0.505. The molecule has 0 atom stereocenters. The highest BCUT2D eigenvalue weighted by atomic mass is 35.5. The number of ketones is 1. The zero-order valence-electron chi connectivity index (χ0n) is 5.64. The first-order chi connectivity index (χ1) is 4.76. The number of carbonyl (C=O) groups is 1. The van der Waals surface area contributed by atoms with Crippen molar-refractivity contribution in [3.8, 4) is 0 Å². The Labute approximate surface area is 65.7 Å². The molecule has 0 rings (SSSR count). The number of carbonyl (C=O) groups excluding carboxylic acids is 1. The van der Waals surface area contributed by atoms with Crippen LogP contribution in [0.1, 0.15) is 0 Å². The van der Waals surface area contributed by atoms with E-state index in [-0.39, 0.29) is 11.7 Å². The standard InChI is InChI=1S/C8H9ClO/c1-3-5-7(4-2)8(10)6-9/h3-5H,1-2,6H2/b7-5+. The van der Waals surface area contributed by atoms with Crippen molar-refractivity contribution in [2.24, 2.45) is 0 Å². The van der Waals surface area contributed by atoms with Gasteiger partial charge in [-0.1, -0.05) is 31.4 Å². The van der Waals surface area contributed by atoms with Crippen molar-refractivity contribution in [2.75, 3.05) is 5.88 Å². The van der Waals surface area contributed by atoms with Crippen molar-refractivity contribution in [1.29, 1.82) is 0 Å². The Morgan fingerprint density at radius 3 is 2.40 bits per heavy atom. The van der Waals surface area contributed by atoms with Crippen LogP contribution in [0, 0.1) is 0 Å². The van der Waals surface area contributed by atoms with Crippen LogP contribution >= 0.6 is 11.6 Å². The monoisotopic (exact) mass is 156 g/mol. The van der Waals surface area contributed by atoms with Crippen LogP contribution in [-0.2, 0) is 4.79 Å². The summed E-state index contributed by atoms with van der Waals surface area (Å²) in [4.78, 5) is 10.8. The van der Waals surface area contributed by atoms with Crippen molar-refractivity contribution >= 4 is 17.4 Å². The molecule has 10 heavy (non-hydrogen) atoms. The van der Waals surface area contributed by atoms with Gasteiger partial charge in [-0.05, 0) is 0 Å². The van der Waals surface area contributed by atoms with Gasteiger partial charge in [-0.3, -0.25) is 4.79 Å². The molecule has 0 aromatic rings. The van der Waals surface area contributed by atoms with E-state index in [4.69, 9.17) is 11.6 Å². The van der Waals surface area contributed by atoms with E-state index >= 15 is 0 Å². The van der Waals surface area contributed by atoms with Crippen LogP contribution in [0.15, 0.2) is 37.0 Å². The molecule has 0 saturated heterocycles. The van der Waals surface area contributed by atoms with E-state index in [9.17, 15) is 4.79 Å². The van der Waals surface area contributed by atoms with E-state index in [0.29, 0.717) is 5.57 Å². The van der Waals surface area contributed by atoms with Gasteiger partial charge in [0.1, 0.15) is 0 Å². The lowest BCUT2D eigenvalue weighted by Gasteiger charge is -1.92. The summed E-state index contributed by atoms with van der Waals surface area (Å²) in [6.07, 6.45) is 4.57. The molecule has 0 aliphatic carbocycles. The highest BCUT2D eigenvalue weighted by Gasteiger charge is 2.00. The summed E-state index contributed by atoms with van der Waals surface area (Å²) < 4.78 is 0. The predicted molar refractivity (Wildman–Crippen MR) is 44.2 cm³/mol. The summed E-state index contributed by atoms with van der Waals surface area (Å²) >= 11 is 5.29. The number of hydrogen-bond acceptors (Lipinski definition) is 1. The van der Waals surface area contributed by atoms with E-state index < -0.39 is 0 Å². The third kappa shape index (κ3) is 2.65. The van der Waals surface area contributed by atoms with Gasteiger partial charge in [-0.25, -0.2) is 0 Å².